The van der Waals surface area contributed by atoms with Crippen molar-refractivity contribution in [2.75, 3.05) is 47.0 Å². The summed E-state index contributed by atoms with van der Waals surface area (Å²) < 4.78 is 35.7. The van der Waals surface area contributed by atoms with Gasteiger partial charge in [0.1, 0.15) is 29.0 Å². The van der Waals surface area contributed by atoms with E-state index in [0.717, 1.165) is 4.90 Å². The second-order valence-electron chi connectivity index (χ2n) is 14.2. The molecule has 6 aliphatic rings. The molecule has 8 atom stereocenters. The second-order valence-corrected chi connectivity index (χ2v) is 14.2. The second kappa shape index (κ2) is 13.6. The Morgan fingerprint density at radius 2 is 1.85 bits per heavy atom. The summed E-state index contributed by atoms with van der Waals surface area (Å²) in [6, 6.07) is 3.57. The number of fused-ring (bicyclic) bond motifs is 6. The lowest BCUT2D eigenvalue weighted by Crippen LogP contribution is -2.55. The van der Waals surface area contributed by atoms with Gasteiger partial charge in [0, 0.05) is 68.7 Å². The Bertz CT molecular complexity index is 1940. The van der Waals surface area contributed by atoms with Crippen molar-refractivity contribution in [3.63, 3.8) is 0 Å². The molecule has 2 aromatic rings. The number of ketones is 2. The first kappa shape index (κ1) is 36.3. The molecule has 0 unspecified atom stereocenters. The molecule has 0 saturated carbocycles. The standard InChI is InChI=1S/C36H40N4O14/c1-15-31-18(39-9-10-51-33(50-3)32(39)54-31)11-22(52-15)53-20-13-36(48,34(46)37-7-8-40-21(41)14-38-35(40)47)12-17-24(20)30(45)26-25(28(17)43)27(42)16-5-4-6-19(49-2)23(16)29(26)44/h4-6,15,18,20,22,31-33,43,45,48H,7-14H2,1-3H3,(H,37,46)(H,38,47)/t15-,18-,20-,22-,31+,32+,33-,36-/m0/s1. The van der Waals surface area contributed by atoms with E-state index in [1.165, 1.54) is 32.4 Å². The van der Waals surface area contributed by atoms with Crippen molar-refractivity contribution in [2.45, 2.75) is 74.9 Å². The van der Waals surface area contributed by atoms with E-state index in [1.54, 1.807) is 0 Å². The van der Waals surface area contributed by atoms with Gasteiger partial charge in [-0.1, -0.05) is 12.1 Å². The molecule has 0 bridgehead atoms. The van der Waals surface area contributed by atoms with Crippen LogP contribution in [-0.4, -0.2) is 144 Å². The van der Waals surface area contributed by atoms with Crippen molar-refractivity contribution in [3.05, 3.63) is 51.6 Å². The Kier molecular flexibility index (Phi) is 9.11. The monoisotopic (exact) mass is 752 g/mol. The van der Waals surface area contributed by atoms with Crippen molar-refractivity contribution < 1.29 is 67.7 Å². The highest BCUT2D eigenvalue weighted by Crippen LogP contribution is 2.53. The number of morpholine rings is 1. The number of phenolic OH excluding ortho intramolecular Hbond substituents is 2. The van der Waals surface area contributed by atoms with Crippen molar-refractivity contribution >= 4 is 29.4 Å². The van der Waals surface area contributed by atoms with Crippen LogP contribution in [0.2, 0.25) is 0 Å². The zero-order chi connectivity index (χ0) is 38.2. The third-order valence-electron chi connectivity index (χ3n) is 11.2. The minimum absolute atomic E-state index is 0.0614. The number of carbonyl (C=O) groups is 5. The molecule has 5 N–H and O–H groups in total. The largest absolute Gasteiger partial charge is 0.507 e. The summed E-state index contributed by atoms with van der Waals surface area (Å²) >= 11 is 0. The van der Waals surface area contributed by atoms with Gasteiger partial charge in [-0.3, -0.25) is 29.0 Å². The fourth-order valence-electron chi connectivity index (χ4n) is 8.63. The summed E-state index contributed by atoms with van der Waals surface area (Å²) in [6.07, 6.45) is -5.18. The average molecular weight is 753 g/mol. The summed E-state index contributed by atoms with van der Waals surface area (Å²) in [7, 11) is 2.86. The third-order valence-corrected chi connectivity index (χ3v) is 11.2. The summed E-state index contributed by atoms with van der Waals surface area (Å²) in [5.41, 5.74) is -3.68. The minimum Gasteiger partial charge on any atom is -0.507 e. The molecule has 2 aliphatic carbocycles. The number of phenols is 2. The highest BCUT2D eigenvalue weighted by Gasteiger charge is 2.55. The van der Waals surface area contributed by atoms with E-state index in [2.05, 4.69) is 15.5 Å². The van der Waals surface area contributed by atoms with Crippen LogP contribution in [0.1, 0.15) is 68.8 Å². The number of aromatic hydroxyl groups is 2. The van der Waals surface area contributed by atoms with E-state index in [0.29, 0.717) is 13.2 Å². The van der Waals surface area contributed by atoms with E-state index < -0.39 is 101 Å². The Labute approximate surface area is 308 Å². The first-order valence-corrected chi connectivity index (χ1v) is 17.7. The van der Waals surface area contributed by atoms with Gasteiger partial charge in [0.25, 0.3) is 5.91 Å². The lowest BCUT2D eigenvalue weighted by atomic mass is 9.72. The Balaban J connectivity index is 1.15. The molecular weight excluding hydrogens is 712 g/mol. The smallest absolute Gasteiger partial charge is 0.324 e. The van der Waals surface area contributed by atoms with Crippen LogP contribution in [-0.2, 0) is 39.7 Å². The first-order chi connectivity index (χ1) is 25.9. The maximum atomic E-state index is 14.1. The van der Waals surface area contributed by atoms with Crippen LogP contribution < -0.4 is 15.4 Å². The van der Waals surface area contributed by atoms with Crippen LogP contribution in [0, 0.1) is 0 Å². The number of hydrogen-bond acceptors (Lipinski definition) is 15. The topological polar surface area (TPSA) is 232 Å². The molecule has 4 amide bonds. The maximum Gasteiger partial charge on any atom is 0.324 e. The van der Waals surface area contributed by atoms with Gasteiger partial charge in [-0.05, 0) is 13.0 Å². The van der Waals surface area contributed by atoms with Crippen molar-refractivity contribution in [1.29, 1.82) is 0 Å². The number of urea groups is 1. The van der Waals surface area contributed by atoms with Crippen molar-refractivity contribution in [3.8, 4) is 17.2 Å². The fraction of sp³-hybridized carbons (Fsp3) is 0.528. The van der Waals surface area contributed by atoms with Gasteiger partial charge in [-0.25, -0.2) is 4.79 Å². The number of aliphatic hydroxyl groups is 1. The number of amides is 4. The van der Waals surface area contributed by atoms with Gasteiger partial charge in [0.15, 0.2) is 24.6 Å². The number of benzene rings is 2. The Morgan fingerprint density at radius 3 is 2.57 bits per heavy atom. The molecule has 8 rings (SSSR count). The molecule has 4 saturated heterocycles. The fourth-order valence-corrected chi connectivity index (χ4v) is 8.63. The maximum absolute atomic E-state index is 14.1. The lowest BCUT2D eigenvalue weighted by molar-refractivity contribution is -0.256. The number of methoxy groups -OCH3 is 2. The average Bonchev–Trinajstić information content (AvgIpc) is 3.70. The molecule has 4 heterocycles. The van der Waals surface area contributed by atoms with E-state index in [-0.39, 0.29) is 66.2 Å². The number of ether oxygens (including phenoxy) is 6. The Morgan fingerprint density at radius 1 is 1.07 bits per heavy atom. The Hall–Kier alpha value is -4.69. The molecule has 18 heteroatoms. The van der Waals surface area contributed by atoms with Crippen LogP contribution >= 0.6 is 0 Å². The third kappa shape index (κ3) is 5.62. The highest BCUT2D eigenvalue weighted by molar-refractivity contribution is 6.31. The van der Waals surface area contributed by atoms with E-state index in [1.807, 2.05) is 6.92 Å². The molecular formula is C36H40N4O14. The first-order valence-electron chi connectivity index (χ1n) is 17.7. The predicted molar refractivity (Wildman–Crippen MR) is 180 cm³/mol. The van der Waals surface area contributed by atoms with Crippen LogP contribution in [0.4, 0.5) is 4.79 Å². The van der Waals surface area contributed by atoms with Gasteiger partial charge in [-0.15, -0.1) is 0 Å². The number of hydrogen-bond donors (Lipinski definition) is 5. The van der Waals surface area contributed by atoms with Crippen molar-refractivity contribution in [2.24, 2.45) is 0 Å². The molecule has 0 spiro atoms. The van der Waals surface area contributed by atoms with Gasteiger partial charge in [0.05, 0.1) is 49.2 Å². The lowest BCUT2D eigenvalue weighted by Gasteiger charge is -2.43. The summed E-state index contributed by atoms with van der Waals surface area (Å²) in [6.45, 7) is 2.20. The van der Waals surface area contributed by atoms with E-state index in [9.17, 15) is 39.3 Å². The minimum atomic E-state index is -2.31. The molecule has 288 valence electrons. The molecule has 0 radical (unpaired) electrons. The normalized spacial score (nSPS) is 31.6. The van der Waals surface area contributed by atoms with Crippen LogP contribution in [0.25, 0.3) is 0 Å². The zero-order valence-electron chi connectivity index (χ0n) is 29.7. The SMILES string of the molecule is COc1cccc2c1C(=O)c1c(O)c3c(c(O)c1C2=O)C[C@@](O)(C(=O)NCCN1C(=O)CNC1=O)C[C@@H]3O[C@H]1C[C@H]2[C@H](O[C@@H]3[C@@H](OC)OCCN32)[C@H](C)O1. The number of rotatable bonds is 8. The van der Waals surface area contributed by atoms with Crippen LogP contribution in [0.3, 0.4) is 0 Å². The van der Waals surface area contributed by atoms with Crippen LogP contribution in [0.5, 0.6) is 17.2 Å². The number of nitrogens with one attached hydrogen (secondary N) is 2. The number of carbonyl (C=O) groups excluding carboxylic acids is 5. The molecule has 4 fully saturated rings. The highest BCUT2D eigenvalue weighted by atomic mass is 16.7. The van der Waals surface area contributed by atoms with Crippen LogP contribution in [0.15, 0.2) is 18.2 Å². The van der Waals surface area contributed by atoms with Gasteiger partial charge < -0.3 is 54.4 Å². The molecule has 18 nitrogen and oxygen atoms in total. The predicted octanol–water partition coefficient (Wildman–Crippen LogP) is -0.182. The number of nitrogens with zero attached hydrogens (tertiary/aromatic N) is 2. The van der Waals surface area contributed by atoms with Gasteiger partial charge in [-0.2, -0.15) is 0 Å². The summed E-state index contributed by atoms with van der Waals surface area (Å²) in [5.74, 6) is -4.21. The summed E-state index contributed by atoms with van der Waals surface area (Å²) in [5, 5.41) is 40.8. The molecule has 4 aliphatic heterocycles. The summed E-state index contributed by atoms with van der Waals surface area (Å²) in [4.78, 5) is 68.9. The molecule has 0 aromatic heterocycles. The quantitative estimate of drug-likeness (QED) is 0.148. The number of imide groups is 1. The zero-order valence-corrected chi connectivity index (χ0v) is 29.7. The molecule has 2 aromatic carbocycles. The van der Waals surface area contributed by atoms with E-state index >= 15 is 0 Å². The van der Waals surface area contributed by atoms with E-state index in [4.69, 9.17) is 28.4 Å². The van der Waals surface area contributed by atoms with Gasteiger partial charge >= 0.3 is 6.03 Å². The molecule has 54 heavy (non-hydrogen) atoms. The van der Waals surface area contributed by atoms with Gasteiger partial charge in [0.2, 0.25) is 11.7 Å². The van der Waals surface area contributed by atoms with Crippen molar-refractivity contribution in [1.82, 2.24) is 20.4 Å².